The molecular weight excluding hydrogens is 341 g/mol. The third-order valence-corrected chi connectivity index (χ3v) is 4.28. The number of hydrogen-bond acceptors (Lipinski definition) is 3. The first-order chi connectivity index (χ1) is 11.4. The van der Waals surface area contributed by atoms with E-state index in [-0.39, 0.29) is 6.10 Å². The number of hydrogen-bond donors (Lipinski definition) is 0. The van der Waals surface area contributed by atoms with Gasteiger partial charge in [-0.3, -0.25) is 0 Å². The van der Waals surface area contributed by atoms with Gasteiger partial charge in [-0.25, -0.2) is 4.98 Å². The van der Waals surface area contributed by atoms with Gasteiger partial charge in [0.25, 0.3) is 0 Å². The summed E-state index contributed by atoms with van der Waals surface area (Å²) in [6.07, 6.45) is -1.93. The molecule has 2 aromatic rings. The van der Waals surface area contributed by atoms with Crippen molar-refractivity contribution in [2.75, 3.05) is 18.0 Å². The summed E-state index contributed by atoms with van der Waals surface area (Å²) in [7, 11) is 0. The van der Waals surface area contributed by atoms with Crippen LogP contribution in [-0.4, -0.2) is 24.2 Å². The Balaban J connectivity index is 1.58. The molecule has 24 heavy (non-hydrogen) atoms. The standard InChI is InChI=1S/C17H16ClF3N2O/c18-14-3-1-2-4-15(14)24-13-7-9-23(10-8-13)16-6-5-12(11-22-16)17(19,20)21/h1-6,11,13H,7-10H2. The van der Waals surface area contributed by atoms with E-state index < -0.39 is 11.7 Å². The van der Waals surface area contributed by atoms with E-state index in [1.54, 1.807) is 6.07 Å². The van der Waals surface area contributed by atoms with Gasteiger partial charge >= 0.3 is 6.18 Å². The zero-order chi connectivity index (χ0) is 17.2. The second-order valence-electron chi connectivity index (χ2n) is 5.64. The van der Waals surface area contributed by atoms with Crippen molar-refractivity contribution in [1.29, 1.82) is 0 Å². The molecule has 3 rings (SSSR count). The monoisotopic (exact) mass is 356 g/mol. The lowest BCUT2D eigenvalue weighted by Gasteiger charge is -2.33. The summed E-state index contributed by atoms with van der Waals surface area (Å²) < 4.78 is 43.6. The Labute approximate surface area is 143 Å². The predicted molar refractivity (Wildman–Crippen MR) is 86.6 cm³/mol. The summed E-state index contributed by atoms with van der Waals surface area (Å²) in [6, 6.07) is 9.79. The molecule has 0 radical (unpaired) electrons. The third-order valence-electron chi connectivity index (χ3n) is 3.97. The van der Waals surface area contributed by atoms with Crippen LogP contribution in [0, 0.1) is 0 Å². The highest BCUT2D eigenvalue weighted by molar-refractivity contribution is 6.32. The molecule has 0 spiro atoms. The molecule has 128 valence electrons. The molecule has 1 aliphatic rings. The maximum Gasteiger partial charge on any atom is 0.417 e. The number of piperidine rings is 1. The molecule has 7 heteroatoms. The molecule has 0 amide bonds. The number of aromatic nitrogens is 1. The first kappa shape index (κ1) is 16.9. The molecule has 1 aromatic carbocycles. The Morgan fingerprint density at radius 1 is 1.08 bits per heavy atom. The fourth-order valence-electron chi connectivity index (χ4n) is 2.66. The SMILES string of the molecule is FC(F)(F)c1ccc(N2CCC(Oc3ccccc3Cl)CC2)nc1. The topological polar surface area (TPSA) is 25.4 Å². The van der Waals surface area contributed by atoms with Crippen LogP contribution >= 0.6 is 11.6 Å². The molecule has 1 saturated heterocycles. The van der Waals surface area contributed by atoms with E-state index in [0.29, 0.717) is 29.7 Å². The van der Waals surface area contributed by atoms with Gasteiger partial charge in [-0.05, 0) is 24.3 Å². The number of alkyl halides is 3. The summed E-state index contributed by atoms with van der Waals surface area (Å²) >= 11 is 6.08. The zero-order valence-corrected chi connectivity index (χ0v) is 13.5. The number of halogens is 4. The van der Waals surface area contributed by atoms with Crippen LogP contribution in [0.1, 0.15) is 18.4 Å². The van der Waals surface area contributed by atoms with Crippen LogP contribution in [0.25, 0.3) is 0 Å². The summed E-state index contributed by atoms with van der Waals surface area (Å²) in [5.41, 5.74) is -0.733. The van der Waals surface area contributed by atoms with Crippen molar-refractivity contribution in [2.24, 2.45) is 0 Å². The molecule has 0 N–H and O–H groups in total. The normalized spacial score (nSPS) is 16.2. The molecule has 0 saturated carbocycles. The average Bonchev–Trinajstić information content (AvgIpc) is 2.57. The summed E-state index contributed by atoms with van der Waals surface area (Å²) in [6.45, 7) is 1.35. The van der Waals surface area contributed by atoms with Crippen molar-refractivity contribution in [1.82, 2.24) is 4.98 Å². The van der Waals surface area contributed by atoms with E-state index in [2.05, 4.69) is 4.98 Å². The van der Waals surface area contributed by atoms with Gasteiger partial charge < -0.3 is 9.64 Å². The Morgan fingerprint density at radius 3 is 2.38 bits per heavy atom. The number of para-hydroxylation sites is 1. The number of nitrogens with zero attached hydrogens (tertiary/aromatic N) is 2. The lowest BCUT2D eigenvalue weighted by atomic mass is 10.1. The molecule has 2 heterocycles. The van der Waals surface area contributed by atoms with Gasteiger partial charge in [0.2, 0.25) is 0 Å². The van der Waals surface area contributed by atoms with Crippen molar-refractivity contribution in [3.05, 3.63) is 53.2 Å². The van der Waals surface area contributed by atoms with Gasteiger partial charge in [-0.1, -0.05) is 23.7 Å². The Kier molecular flexibility index (Phi) is 4.85. The molecule has 0 bridgehead atoms. The predicted octanol–water partition coefficient (Wildman–Crippen LogP) is 4.80. The maximum atomic E-state index is 12.6. The van der Waals surface area contributed by atoms with Crippen LogP contribution in [-0.2, 0) is 6.18 Å². The fourth-order valence-corrected chi connectivity index (χ4v) is 2.84. The molecule has 1 aliphatic heterocycles. The van der Waals surface area contributed by atoms with Gasteiger partial charge in [-0.15, -0.1) is 0 Å². The second-order valence-corrected chi connectivity index (χ2v) is 6.04. The molecule has 0 atom stereocenters. The average molecular weight is 357 g/mol. The summed E-state index contributed by atoms with van der Waals surface area (Å²) in [5.74, 6) is 1.21. The fraction of sp³-hybridized carbons (Fsp3) is 0.353. The molecule has 1 aromatic heterocycles. The number of anilines is 1. The van der Waals surface area contributed by atoms with Gasteiger partial charge in [0.15, 0.2) is 0 Å². The van der Waals surface area contributed by atoms with Crippen molar-refractivity contribution >= 4 is 17.4 Å². The minimum Gasteiger partial charge on any atom is -0.489 e. The van der Waals surface area contributed by atoms with Crippen molar-refractivity contribution in [3.63, 3.8) is 0 Å². The van der Waals surface area contributed by atoms with Crippen LogP contribution in [0.15, 0.2) is 42.6 Å². The smallest absolute Gasteiger partial charge is 0.417 e. The van der Waals surface area contributed by atoms with E-state index in [9.17, 15) is 13.2 Å². The Morgan fingerprint density at radius 2 is 1.79 bits per heavy atom. The van der Waals surface area contributed by atoms with E-state index in [1.807, 2.05) is 23.1 Å². The zero-order valence-electron chi connectivity index (χ0n) is 12.8. The highest BCUT2D eigenvalue weighted by atomic mass is 35.5. The number of pyridine rings is 1. The lowest BCUT2D eigenvalue weighted by molar-refractivity contribution is -0.137. The van der Waals surface area contributed by atoms with E-state index in [0.717, 1.165) is 25.1 Å². The summed E-state index contributed by atoms with van der Waals surface area (Å²) in [5, 5.41) is 0.573. The second kappa shape index (κ2) is 6.89. The van der Waals surface area contributed by atoms with E-state index in [1.165, 1.54) is 6.07 Å². The third kappa shape index (κ3) is 3.93. The Bertz CT molecular complexity index is 683. The van der Waals surface area contributed by atoms with Crippen molar-refractivity contribution in [2.45, 2.75) is 25.1 Å². The highest BCUT2D eigenvalue weighted by Crippen LogP contribution is 2.30. The van der Waals surface area contributed by atoms with Crippen LogP contribution < -0.4 is 9.64 Å². The van der Waals surface area contributed by atoms with Gasteiger partial charge in [0, 0.05) is 32.1 Å². The summed E-state index contributed by atoms with van der Waals surface area (Å²) in [4.78, 5) is 5.90. The number of benzene rings is 1. The van der Waals surface area contributed by atoms with Crippen LogP contribution in [0.4, 0.5) is 19.0 Å². The van der Waals surface area contributed by atoms with E-state index >= 15 is 0 Å². The van der Waals surface area contributed by atoms with Crippen LogP contribution in [0.5, 0.6) is 5.75 Å². The van der Waals surface area contributed by atoms with Crippen LogP contribution in [0.2, 0.25) is 5.02 Å². The molecule has 0 aliphatic carbocycles. The van der Waals surface area contributed by atoms with E-state index in [4.69, 9.17) is 16.3 Å². The maximum absolute atomic E-state index is 12.6. The highest BCUT2D eigenvalue weighted by Gasteiger charge is 2.31. The molecule has 3 nitrogen and oxygen atoms in total. The lowest BCUT2D eigenvalue weighted by Crippen LogP contribution is -2.38. The van der Waals surface area contributed by atoms with Gasteiger partial charge in [0.1, 0.15) is 17.7 Å². The molecule has 0 unspecified atom stereocenters. The first-order valence-electron chi connectivity index (χ1n) is 7.63. The minimum atomic E-state index is -4.36. The molecular formula is C17H16ClF3N2O. The first-order valence-corrected chi connectivity index (χ1v) is 8.00. The molecule has 1 fully saturated rings. The Hall–Kier alpha value is -1.95. The van der Waals surface area contributed by atoms with Crippen LogP contribution in [0.3, 0.4) is 0 Å². The number of ether oxygens (including phenoxy) is 1. The van der Waals surface area contributed by atoms with Crippen molar-refractivity contribution in [3.8, 4) is 5.75 Å². The minimum absolute atomic E-state index is 0.0376. The van der Waals surface area contributed by atoms with Gasteiger partial charge in [-0.2, -0.15) is 13.2 Å². The van der Waals surface area contributed by atoms with Crippen molar-refractivity contribution < 1.29 is 17.9 Å². The quantitative estimate of drug-likeness (QED) is 0.789. The van der Waals surface area contributed by atoms with Gasteiger partial charge in [0.05, 0.1) is 10.6 Å². The largest absolute Gasteiger partial charge is 0.489 e. The number of rotatable bonds is 3.